The molecule has 2 atom stereocenters. The van der Waals surface area contributed by atoms with Crippen LogP contribution in [0, 0.1) is 18.8 Å². The van der Waals surface area contributed by atoms with E-state index < -0.39 is 12.0 Å². The SMILES string of the molecule is Cc1cc([C@H](CC(=O)O)NC(=O)[C@@H]2CCCN(C(=O)/C=C/C3CCNCC3)C2)on1.Cl. The van der Waals surface area contributed by atoms with E-state index in [0.717, 1.165) is 32.4 Å². The molecule has 31 heavy (non-hydrogen) atoms. The minimum atomic E-state index is -1.04. The number of hydrogen-bond donors (Lipinski definition) is 3. The summed E-state index contributed by atoms with van der Waals surface area (Å²) in [7, 11) is 0. The standard InChI is InChI=1S/C21H30N4O5.ClH/c1-14-11-18(30-24-14)17(12-20(27)28)23-21(29)16-3-2-10-25(13-16)19(26)5-4-15-6-8-22-9-7-15;/h4-5,11,15-17,22H,2-3,6-10,12-13H2,1H3,(H,23,29)(H,27,28);1H/b5-4+;/t16-,17+;/m1./s1. The van der Waals surface area contributed by atoms with Crippen LogP contribution in [0.2, 0.25) is 0 Å². The molecule has 3 N–H and O–H groups in total. The van der Waals surface area contributed by atoms with Crippen LogP contribution in [0.4, 0.5) is 0 Å². The lowest BCUT2D eigenvalue weighted by atomic mass is 9.95. The van der Waals surface area contributed by atoms with Gasteiger partial charge in [0, 0.05) is 19.2 Å². The zero-order valence-electron chi connectivity index (χ0n) is 17.7. The Labute approximate surface area is 188 Å². The van der Waals surface area contributed by atoms with E-state index in [1.165, 1.54) is 0 Å². The quantitative estimate of drug-likeness (QED) is 0.536. The van der Waals surface area contributed by atoms with Gasteiger partial charge in [0.15, 0.2) is 5.76 Å². The number of aromatic nitrogens is 1. The summed E-state index contributed by atoms with van der Waals surface area (Å²) in [6, 6.07) is 0.831. The van der Waals surface area contributed by atoms with Crippen LogP contribution in [0.5, 0.6) is 0 Å². The molecule has 1 aromatic rings. The van der Waals surface area contributed by atoms with Crippen LogP contribution in [0.3, 0.4) is 0 Å². The van der Waals surface area contributed by atoms with Crippen molar-refractivity contribution in [3.63, 3.8) is 0 Å². The zero-order valence-corrected chi connectivity index (χ0v) is 18.5. The molecule has 0 aliphatic carbocycles. The maximum atomic E-state index is 12.8. The van der Waals surface area contributed by atoms with Gasteiger partial charge in [0.25, 0.3) is 0 Å². The number of halogens is 1. The molecule has 3 rings (SSSR count). The molecule has 10 heteroatoms. The van der Waals surface area contributed by atoms with Crippen molar-refractivity contribution in [2.24, 2.45) is 11.8 Å². The first-order chi connectivity index (χ1) is 14.4. The molecule has 0 spiro atoms. The minimum Gasteiger partial charge on any atom is -0.481 e. The van der Waals surface area contributed by atoms with E-state index in [0.29, 0.717) is 36.9 Å². The van der Waals surface area contributed by atoms with Crippen LogP contribution in [-0.4, -0.2) is 59.1 Å². The van der Waals surface area contributed by atoms with Crippen LogP contribution < -0.4 is 10.6 Å². The lowest BCUT2D eigenvalue weighted by Crippen LogP contribution is -2.46. The van der Waals surface area contributed by atoms with Crippen molar-refractivity contribution in [2.75, 3.05) is 26.2 Å². The number of rotatable bonds is 7. The number of amides is 2. The molecule has 0 unspecified atom stereocenters. The Balaban J connectivity index is 0.00000341. The number of aryl methyl sites for hydroxylation is 1. The average molecular weight is 455 g/mol. The van der Waals surface area contributed by atoms with Crippen LogP contribution in [0.25, 0.3) is 0 Å². The highest BCUT2D eigenvalue weighted by atomic mass is 35.5. The van der Waals surface area contributed by atoms with Crippen molar-refractivity contribution in [1.82, 2.24) is 20.7 Å². The van der Waals surface area contributed by atoms with E-state index >= 15 is 0 Å². The number of carbonyl (C=O) groups is 3. The van der Waals surface area contributed by atoms with Crippen LogP contribution in [0.1, 0.15) is 49.6 Å². The third-order valence-corrected chi connectivity index (χ3v) is 5.68. The number of carbonyl (C=O) groups excluding carboxylic acids is 2. The lowest BCUT2D eigenvalue weighted by molar-refractivity contribution is -0.138. The Hall–Kier alpha value is -2.39. The highest BCUT2D eigenvalue weighted by Crippen LogP contribution is 2.22. The predicted molar refractivity (Wildman–Crippen MR) is 116 cm³/mol. The highest BCUT2D eigenvalue weighted by molar-refractivity contribution is 5.88. The number of carboxylic acids is 1. The molecule has 0 radical (unpaired) electrons. The summed E-state index contributed by atoms with van der Waals surface area (Å²) in [5.74, 6) is -1.03. The molecule has 2 aliphatic rings. The topological polar surface area (TPSA) is 125 Å². The summed E-state index contributed by atoms with van der Waals surface area (Å²) < 4.78 is 5.16. The van der Waals surface area contributed by atoms with Crippen molar-refractivity contribution in [1.29, 1.82) is 0 Å². The first kappa shape index (κ1) is 24.9. The van der Waals surface area contributed by atoms with Crippen LogP contribution in [-0.2, 0) is 14.4 Å². The second-order valence-electron chi connectivity index (χ2n) is 8.10. The first-order valence-corrected chi connectivity index (χ1v) is 10.6. The van der Waals surface area contributed by atoms with E-state index in [-0.39, 0.29) is 36.6 Å². The maximum absolute atomic E-state index is 12.8. The Morgan fingerprint density at radius 1 is 1.35 bits per heavy atom. The molecule has 0 aromatic carbocycles. The van der Waals surface area contributed by atoms with Gasteiger partial charge in [-0.2, -0.15) is 0 Å². The van der Waals surface area contributed by atoms with E-state index in [2.05, 4.69) is 15.8 Å². The second kappa shape index (κ2) is 11.9. The molecular weight excluding hydrogens is 424 g/mol. The summed E-state index contributed by atoms with van der Waals surface area (Å²) in [4.78, 5) is 38.3. The van der Waals surface area contributed by atoms with Gasteiger partial charge in [0.2, 0.25) is 11.8 Å². The maximum Gasteiger partial charge on any atom is 0.305 e. The summed E-state index contributed by atoms with van der Waals surface area (Å²) in [5, 5.41) is 19.0. The number of piperidine rings is 2. The highest BCUT2D eigenvalue weighted by Gasteiger charge is 2.31. The number of allylic oxidation sites excluding steroid dienone is 1. The largest absolute Gasteiger partial charge is 0.481 e. The molecular formula is C21H31ClN4O5. The summed E-state index contributed by atoms with van der Waals surface area (Å²) in [6.45, 7) is 4.62. The summed E-state index contributed by atoms with van der Waals surface area (Å²) >= 11 is 0. The van der Waals surface area contributed by atoms with Crippen molar-refractivity contribution in [3.8, 4) is 0 Å². The summed E-state index contributed by atoms with van der Waals surface area (Å²) in [6.07, 6.45) is 6.78. The molecule has 2 aliphatic heterocycles. The van der Waals surface area contributed by atoms with E-state index in [1.54, 1.807) is 24.0 Å². The molecule has 172 valence electrons. The molecule has 2 saturated heterocycles. The number of carboxylic acid groups (broad SMARTS) is 1. The monoisotopic (exact) mass is 454 g/mol. The Morgan fingerprint density at radius 3 is 2.74 bits per heavy atom. The number of nitrogens with zero attached hydrogens (tertiary/aromatic N) is 2. The molecule has 9 nitrogen and oxygen atoms in total. The predicted octanol–water partition coefficient (Wildman–Crippen LogP) is 1.83. The van der Waals surface area contributed by atoms with Gasteiger partial charge >= 0.3 is 5.97 Å². The minimum absolute atomic E-state index is 0. The molecule has 0 saturated carbocycles. The number of nitrogens with one attached hydrogen (secondary N) is 2. The molecule has 2 amide bonds. The van der Waals surface area contributed by atoms with Crippen molar-refractivity contribution >= 4 is 30.2 Å². The molecule has 3 heterocycles. The van der Waals surface area contributed by atoms with Gasteiger partial charge in [-0.25, -0.2) is 0 Å². The van der Waals surface area contributed by atoms with Gasteiger partial charge in [-0.3, -0.25) is 14.4 Å². The van der Waals surface area contributed by atoms with Crippen LogP contribution >= 0.6 is 12.4 Å². The van der Waals surface area contributed by atoms with Gasteiger partial charge < -0.3 is 25.2 Å². The Bertz CT molecular complexity index is 790. The van der Waals surface area contributed by atoms with Gasteiger partial charge in [-0.15, -0.1) is 12.4 Å². The molecule has 0 bridgehead atoms. The van der Waals surface area contributed by atoms with Gasteiger partial charge in [-0.1, -0.05) is 11.2 Å². The van der Waals surface area contributed by atoms with Gasteiger partial charge in [-0.05, 0) is 57.7 Å². The van der Waals surface area contributed by atoms with Crippen LogP contribution in [0.15, 0.2) is 22.7 Å². The van der Waals surface area contributed by atoms with Crippen molar-refractivity contribution < 1.29 is 24.0 Å². The second-order valence-corrected chi connectivity index (χ2v) is 8.10. The lowest BCUT2D eigenvalue weighted by Gasteiger charge is -2.32. The fourth-order valence-corrected chi connectivity index (χ4v) is 3.99. The Kier molecular flexibility index (Phi) is 9.51. The third-order valence-electron chi connectivity index (χ3n) is 5.68. The molecule has 2 fully saturated rings. The average Bonchev–Trinajstić information content (AvgIpc) is 3.18. The fraction of sp³-hybridized carbons (Fsp3) is 0.619. The number of hydrogen-bond acceptors (Lipinski definition) is 6. The van der Waals surface area contributed by atoms with E-state index in [9.17, 15) is 19.5 Å². The number of aliphatic carboxylic acids is 1. The van der Waals surface area contributed by atoms with Gasteiger partial charge in [0.05, 0.1) is 18.0 Å². The van der Waals surface area contributed by atoms with E-state index in [1.807, 2.05) is 6.08 Å². The normalized spacial score (nSPS) is 20.8. The third kappa shape index (κ3) is 7.36. The van der Waals surface area contributed by atoms with Crippen molar-refractivity contribution in [2.45, 2.75) is 45.1 Å². The summed E-state index contributed by atoms with van der Waals surface area (Å²) in [5.41, 5.74) is 0.615. The smallest absolute Gasteiger partial charge is 0.305 e. The fourth-order valence-electron chi connectivity index (χ4n) is 3.99. The van der Waals surface area contributed by atoms with Gasteiger partial charge in [0.1, 0.15) is 6.04 Å². The first-order valence-electron chi connectivity index (χ1n) is 10.6. The Morgan fingerprint density at radius 2 is 2.10 bits per heavy atom. The number of likely N-dealkylation sites (tertiary alicyclic amines) is 1. The van der Waals surface area contributed by atoms with Crippen molar-refractivity contribution in [3.05, 3.63) is 29.7 Å². The zero-order chi connectivity index (χ0) is 21.5. The molecule has 1 aromatic heterocycles. The van der Waals surface area contributed by atoms with E-state index in [4.69, 9.17) is 4.52 Å².